The molecule has 1 atom stereocenters. The third-order valence-corrected chi connectivity index (χ3v) is 6.80. The highest BCUT2D eigenvalue weighted by Crippen LogP contribution is 2.28. The number of benzene rings is 1. The summed E-state index contributed by atoms with van der Waals surface area (Å²) in [5, 5.41) is 0. The molecule has 1 aliphatic rings. The van der Waals surface area contributed by atoms with Crippen LogP contribution in [0.5, 0.6) is 0 Å². The van der Waals surface area contributed by atoms with E-state index < -0.39 is 30.6 Å². The number of halogens is 1. The lowest BCUT2D eigenvalue weighted by molar-refractivity contribution is 0.268. The molecule has 0 aromatic heterocycles. The second-order valence-corrected chi connectivity index (χ2v) is 9.20. The van der Waals surface area contributed by atoms with Gasteiger partial charge in [0.05, 0.1) is 4.90 Å². The van der Waals surface area contributed by atoms with E-state index in [-0.39, 0.29) is 10.9 Å². The molecule has 0 radical (unpaired) electrons. The van der Waals surface area contributed by atoms with Gasteiger partial charge in [-0.05, 0) is 38.0 Å². The van der Waals surface area contributed by atoms with Crippen LogP contribution in [0.4, 0.5) is 4.39 Å². The summed E-state index contributed by atoms with van der Waals surface area (Å²) in [6.45, 7) is 2.10. The van der Waals surface area contributed by atoms with Gasteiger partial charge in [-0.1, -0.05) is 6.42 Å². The molecular formula is C13H18FNO4S2. The fraction of sp³-hybridized carbons (Fsp3) is 0.538. The Bertz CT molecular complexity index is 743. The number of hydrogen-bond donors (Lipinski definition) is 0. The third-order valence-electron chi connectivity index (χ3n) is 3.66. The lowest BCUT2D eigenvalue weighted by Crippen LogP contribution is -2.42. The quantitative estimate of drug-likeness (QED) is 0.790. The van der Waals surface area contributed by atoms with Crippen LogP contribution in [0.15, 0.2) is 28.0 Å². The molecule has 0 spiro atoms. The standard InChI is InChI=1S/C13H18FNO4S2/c1-10-5-3-4-8-15(10)21(18,19)13-9-11(20(2,16)17)6-7-12(13)14/h6-7,9-10H,3-5,8H2,1-2H3. The van der Waals surface area contributed by atoms with E-state index in [0.717, 1.165) is 37.3 Å². The lowest BCUT2D eigenvalue weighted by Gasteiger charge is -2.32. The zero-order valence-electron chi connectivity index (χ0n) is 11.9. The molecule has 1 fully saturated rings. The fourth-order valence-corrected chi connectivity index (χ4v) is 4.98. The van der Waals surface area contributed by atoms with Gasteiger partial charge in [0.15, 0.2) is 9.84 Å². The molecule has 8 heteroatoms. The Morgan fingerprint density at radius 2 is 1.86 bits per heavy atom. The average Bonchev–Trinajstić information content (AvgIpc) is 2.37. The lowest BCUT2D eigenvalue weighted by atomic mass is 10.1. The van der Waals surface area contributed by atoms with Crippen LogP contribution in [-0.2, 0) is 19.9 Å². The minimum atomic E-state index is -4.03. The Morgan fingerprint density at radius 1 is 1.19 bits per heavy atom. The van der Waals surface area contributed by atoms with E-state index in [1.165, 1.54) is 4.31 Å². The molecule has 0 saturated carbocycles. The maximum Gasteiger partial charge on any atom is 0.246 e. The summed E-state index contributed by atoms with van der Waals surface area (Å²) in [4.78, 5) is -0.772. The smallest absolute Gasteiger partial charge is 0.224 e. The second-order valence-electron chi connectivity index (χ2n) is 5.32. The van der Waals surface area contributed by atoms with E-state index in [0.29, 0.717) is 13.0 Å². The van der Waals surface area contributed by atoms with Crippen molar-refractivity contribution < 1.29 is 21.2 Å². The van der Waals surface area contributed by atoms with Crippen molar-refractivity contribution in [3.8, 4) is 0 Å². The monoisotopic (exact) mass is 335 g/mol. The van der Waals surface area contributed by atoms with Gasteiger partial charge in [0.1, 0.15) is 10.7 Å². The first-order valence-electron chi connectivity index (χ1n) is 6.65. The van der Waals surface area contributed by atoms with Gasteiger partial charge in [-0.3, -0.25) is 0 Å². The Hall–Kier alpha value is -0.990. The minimum Gasteiger partial charge on any atom is -0.224 e. The van der Waals surface area contributed by atoms with E-state index in [2.05, 4.69) is 0 Å². The van der Waals surface area contributed by atoms with Crippen molar-refractivity contribution in [2.75, 3.05) is 12.8 Å². The summed E-state index contributed by atoms with van der Waals surface area (Å²) in [6, 6.07) is 2.65. The van der Waals surface area contributed by atoms with Gasteiger partial charge in [0, 0.05) is 18.8 Å². The predicted octanol–water partition coefficient (Wildman–Crippen LogP) is 1.79. The van der Waals surface area contributed by atoms with Gasteiger partial charge in [0.2, 0.25) is 10.0 Å². The number of hydrogen-bond acceptors (Lipinski definition) is 4. The zero-order chi connectivity index (χ0) is 15.8. The van der Waals surface area contributed by atoms with Crippen molar-refractivity contribution in [3.05, 3.63) is 24.0 Å². The van der Waals surface area contributed by atoms with Gasteiger partial charge in [-0.2, -0.15) is 4.31 Å². The first-order chi connectivity index (χ1) is 9.64. The van der Waals surface area contributed by atoms with E-state index >= 15 is 0 Å². The highest BCUT2D eigenvalue weighted by molar-refractivity contribution is 7.91. The Kier molecular flexibility index (Phi) is 4.41. The van der Waals surface area contributed by atoms with Crippen LogP contribution >= 0.6 is 0 Å². The molecule has 21 heavy (non-hydrogen) atoms. The first kappa shape index (κ1) is 16.4. The Labute approximate surface area is 124 Å². The normalized spacial score (nSPS) is 21.4. The molecule has 1 unspecified atom stereocenters. The predicted molar refractivity (Wildman–Crippen MR) is 76.7 cm³/mol. The van der Waals surface area contributed by atoms with Crippen molar-refractivity contribution in [1.29, 1.82) is 0 Å². The van der Waals surface area contributed by atoms with Crippen LogP contribution in [-0.4, -0.2) is 40.0 Å². The minimum absolute atomic E-state index is 0.202. The molecule has 0 aliphatic carbocycles. The van der Waals surface area contributed by atoms with Gasteiger partial charge in [-0.15, -0.1) is 0 Å². The third kappa shape index (κ3) is 3.27. The Morgan fingerprint density at radius 3 is 2.43 bits per heavy atom. The second kappa shape index (κ2) is 5.66. The van der Waals surface area contributed by atoms with Crippen LogP contribution in [0.3, 0.4) is 0 Å². The van der Waals surface area contributed by atoms with Crippen LogP contribution in [0.1, 0.15) is 26.2 Å². The van der Waals surface area contributed by atoms with Crippen LogP contribution in [0.25, 0.3) is 0 Å². The maximum atomic E-state index is 13.9. The molecule has 5 nitrogen and oxygen atoms in total. The summed E-state index contributed by atoms with van der Waals surface area (Å²) in [5.74, 6) is -0.930. The summed E-state index contributed by atoms with van der Waals surface area (Å²) in [6.07, 6.45) is 3.32. The molecule has 118 valence electrons. The van der Waals surface area contributed by atoms with Crippen LogP contribution in [0.2, 0.25) is 0 Å². The average molecular weight is 335 g/mol. The highest BCUT2D eigenvalue weighted by Gasteiger charge is 2.33. The molecule has 1 aliphatic heterocycles. The zero-order valence-corrected chi connectivity index (χ0v) is 13.5. The fourth-order valence-electron chi connectivity index (χ4n) is 2.47. The molecular weight excluding hydrogens is 317 g/mol. The molecule has 1 aromatic carbocycles. The van der Waals surface area contributed by atoms with Crippen molar-refractivity contribution in [2.45, 2.75) is 42.0 Å². The number of sulfonamides is 1. The van der Waals surface area contributed by atoms with Gasteiger partial charge < -0.3 is 0 Å². The topological polar surface area (TPSA) is 71.5 Å². The molecule has 0 amide bonds. The largest absolute Gasteiger partial charge is 0.246 e. The van der Waals surface area contributed by atoms with E-state index in [4.69, 9.17) is 0 Å². The van der Waals surface area contributed by atoms with Crippen LogP contribution in [0, 0.1) is 5.82 Å². The first-order valence-corrected chi connectivity index (χ1v) is 9.98. The van der Waals surface area contributed by atoms with Crippen molar-refractivity contribution in [2.24, 2.45) is 0 Å². The van der Waals surface area contributed by atoms with Crippen molar-refractivity contribution >= 4 is 19.9 Å². The van der Waals surface area contributed by atoms with Gasteiger partial charge >= 0.3 is 0 Å². The maximum absolute atomic E-state index is 13.9. The van der Waals surface area contributed by atoms with Crippen LogP contribution < -0.4 is 0 Å². The van der Waals surface area contributed by atoms with E-state index in [9.17, 15) is 21.2 Å². The van der Waals surface area contributed by atoms with E-state index in [1.807, 2.05) is 0 Å². The van der Waals surface area contributed by atoms with E-state index in [1.54, 1.807) is 6.92 Å². The molecule has 1 heterocycles. The molecule has 0 N–H and O–H groups in total. The molecule has 1 saturated heterocycles. The molecule has 2 rings (SSSR count). The molecule has 0 bridgehead atoms. The SMILES string of the molecule is CC1CCCCN1S(=O)(=O)c1cc(S(C)(=O)=O)ccc1F. The van der Waals surface area contributed by atoms with Crippen molar-refractivity contribution in [1.82, 2.24) is 4.31 Å². The Balaban J connectivity index is 2.54. The molecule has 1 aromatic rings. The van der Waals surface area contributed by atoms with Crippen molar-refractivity contribution in [3.63, 3.8) is 0 Å². The number of nitrogens with zero attached hydrogens (tertiary/aromatic N) is 1. The summed E-state index contributed by atoms with van der Waals surface area (Å²) < 4.78 is 63.4. The highest BCUT2D eigenvalue weighted by atomic mass is 32.2. The summed E-state index contributed by atoms with van der Waals surface area (Å²) >= 11 is 0. The number of sulfone groups is 1. The summed E-state index contributed by atoms with van der Waals surface area (Å²) in [5.41, 5.74) is 0. The summed E-state index contributed by atoms with van der Waals surface area (Å²) in [7, 11) is -7.63. The van der Waals surface area contributed by atoms with Gasteiger partial charge in [0.25, 0.3) is 0 Å². The van der Waals surface area contributed by atoms with Gasteiger partial charge in [-0.25, -0.2) is 21.2 Å². The number of piperidine rings is 1. The number of rotatable bonds is 3.